The Labute approximate surface area is 110 Å². The van der Waals surface area contributed by atoms with Gasteiger partial charge in [0.15, 0.2) is 0 Å². The van der Waals surface area contributed by atoms with Gasteiger partial charge >= 0.3 is 0 Å². The van der Waals surface area contributed by atoms with Gasteiger partial charge in [0, 0.05) is 29.6 Å². The van der Waals surface area contributed by atoms with Crippen molar-refractivity contribution in [3.05, 3.63) is 35.0 Å². The molecule has 1 aromatic carbocycles. The van der Waals surface area contributed by atoms with Crippen molar-refractivity contribution in [2.45, 2.75) is 33.6 Å². The Bertz CT molecular complexity index is 564. The largest absolute Gasteiger partial charge is 0.348 e. The lowest BCUT2D eigenvalue weighted by Gasteiger charge is -2.20. The molecule has 1 aromatic heterocycles. The van der Waals surface area contributed by atoms with E-state index in [1.165, 1.54) is 27.7 Å². The Morgan fingerprint density at radius 3 is 2.44 bits per heavy atom. The van der Waals surface area contributed by atoms with Crippen molar-refractivity contribution in [2.24, 2.45) is 18.7 Å². The lowest BCUT2D eigenvalue weighted by molar-refractivity contribution is 0.506. The molecule has 0 aliphatic carbocycles. The number of rotatable bonds is 3. The second-order valence-electron chi connectivity index (χ2n) is 5.66. The number of aryl methyl sites for hydroxylation is 2. The number of benzene rings is 1. The van der Waals surface area contributed by atoms with Gasteiger partial charge in [0.2, 0.25) is 0 Å². The van der Waals surface area contributed by atoms with Crippen LogP contribution in [0, 0.1) is 19.8 Å². The Morgan fingerprint density at radius 2 is 1.89 bits per heavy atom. The van der Waals surface area contributed by atoms with Crippen LogP contribution in [0.2, 0.25) is 0 Å². The first-order valence-electron chi connectivity index (χ1n) is 6.73. The van der Waals surface area contributed by atoms with Gasteiger partial charge in [0.1, 0.15) is 0 Å². The lowest BCUT2D eigenvalue weighted by atomic mass is 9.86. The van der Waals surface area contributed by atoms with Crippen molar-refractivity contribution in [3.8, 4) is 0 Å². The highest BCUT2D eigenvalue weighted by Crippen LogP contribution is 2.34. The van der Waals surface area contributed by atoms with Gasteiger partial charge in [0.25, 0.3) is 0 Å². The van der Waals surface area contributed by atoms with Crippen LogP contribution < -0.4 is 5.73 Å². The smallest absolute Gasteiger partial charge is 0.0485 e. The van der Waals surface area contributed by atoms with Crippen molar-refractivity contribution < 1.29 is 0 Å². The van der Waals surface area contributed by atoms with Crippen molar-refractivity contribution in [2.75, 3.05) is 6.54 Å². The molecule has 0 radical (unpaired) electrons. The zero-order chi connectivity index (χ0) is 13.4. The molecule has 2 rings (SSSR count). The first-order valence-corrected chi connectivity index (χ1v) is 6.73. The van der Waals surface area contributed by atoms with Crippen molar-refractivity contribution in [1.29, 1.82) is 0 Å². The summed E-state index contributed by atoms with van der Waals surface area (Å²) in [4.78, 5) is 0. The number of fused-ring (bicyclic) bond motifs is 1. The summed E-state index contributed by atoms with van der Waals surface area (Å²) in [5, 5.41) is 1.37. The summed E-state index contributed by atoms with van der Waals surface area (Å²) < 4.78 is 2.29. The molecule has 1 unspecified atom stereocenters. The molecule has 0 aliphatic rings. The molecule has 0 amide bonds. The van der Waals surface area contributed by atoms with Crippen LogP contribution in [0.1, 0.15) is 36.6 Å². The van der Waals surface area contributed by atoms with Crippen molar-refractivity contribution in [1.82, 2.24) is 4.57 Å². The molecule has 0 aliphatic heterocycles. The summed E-state index contributed by atoms with van der Waals surface area (Å²) in [6.07, 6.45) is 0. The summed E-state index contributed by atoms with van der Waals surface area (Å²) in [6, 6.07) is 6.71. The Balaban J connectivity index is 2.74. The Hall–Kier alpha value is -1.28. The molecule has 1 atom stereocenters. The van der Waals surface area contributed by atoms with E-state index >= 15 is 0 Å². The first-order chi connectivity index (χ1) is 8.47. The minimum absolute atomic E-state index is 0.441. The molecule has 0 bridgehead atoms. The minimum Gasteiger partial charge on any atom is -0.348 e. The second kappa shape index (κ2) is 4.77. The Kier molecular flexibility index (Phi) is 3.49. The number of hydrogen-bond acceptors (Lipinski definition) is 1. The standard InChI is InChI=1S/C16H24N2/c1-10(2)14(9-17)16-12(4)18(5)15-8-11(3)6-7-13(15)16/h6-8,10,14H,9,17H2,1-5H3. The van der Waals surface area contributed by atoms with E-state index in [0.717, 1.165) is 0 Å². The van der Waals surface area contributed by atoms with Gasteiger partial charge in [0.05, 0.1) is 0 Å². The molecule has 2 aromatic rings. The fourth-order valence-corrected chi connectivity index (χ4v) is 2.89. The third-order valence-corrected chi connectivity index (χ3v) is 4.13. The molecule has 1 heterocycles. The molecule has 0 spiro atoms. The summed E-state index contributed by atoms with van der Waals surface area (Å²) in [5.74, 6) is 1.01. The van der Waals surface area contributed by atoms with E-state index in [1.807, 2.05) is 0 Å². The fourth-order valence-electron chi connectivity index (χ4n) is 2.89. The van der Waals surface area contributed by atoms with E-state index in [1.54, 1.807) is 0 Å². The molecule has 2 heteroatoms. The first kappa shape index (κ1) is 13.2. The van der Waals surface area contributed by atoms with Gasteiger partial charge in [-0.25, -0.2) is 0 Å². The molecule has 0 saturated heterocycles. The van der Waals surface area contributed by atoms with Gasteiger partial charge in [-0.15, -0.1) is 0 Å². The van der Waals surface area contributed by atoms with Crippen LogP contribution in [0.4, 0.5) is 0 Å². The maximum Gasteiger partial charge on any atom is 0.0485 e. The predicted octanol–water partition coefficient (Wildman–Crippen LogP) is 3.49. The summed E-state index contributed by atoms with van der Waals surface area (Å²) in [6.45, 7) is 9.57. The highest BCUT2D eigenvalue weighted by atomic mass is 14.9. The van der Waals surface area contributed by atoms with Crippen LogP contribution in [0.3, 0.4) is 0 Å². The molecular weight excluding hydrogens is 220 g/mol. The van der Waals surface area contributed by atoms with Gasteiger partial charge in [-0.05, 0) is 43.5 Å². The van der Waals surface area contributed by atoms with Crippen LogP contribution in [-0.2, 0) is 7.05 Å². The average molecular weight is 244 g/mol. The van der Waals surface area contributed by atoms with Crippen molar-refractivity contribution >= 4 is 10.9 Å². The van der Waals surface area contributed by atoms with Gasteiger partial charge in [-0.3, -0.25) is 0 Å². The molecule has 0 saturated carbocycles. The molecule has 0 fully saturated rings. The number of hydrogen-bond donors (Lipinski definition) is 1. The molecule has 2 N–H and O–H groups in total. The monoisotopic (exact) mass is 244 g/mol. The van der Waals surface area contributed by atoms with E-state index in [-0.39, 0.29) is 0 Å². The lowest BCUT2D eigenvalue weighted by Crippen LogP contribution is -2.18. The normalized spacial score (nSPS) is 13.5. The predicted molar refractivity (Wildman–Crippen MR) is 79.0 cm³/mol. The van der Waals surface area contributed by atoms with Crippen LogP contribution >= 0.6 is 0 Å². The van der Waals surface area contributed by atoms with E-state index in [0.29, 0.717) is 18.4 Å². The van der Waals surface area contributed by atoms with E-state index in [4.69, 9.17) is 5.73 Å². The maximum atomic E-state index is 6.00. The highest BCUT2D eigenvalue weighted by molar-refractivity contribution is 5.86. The van der Waals surface area contributed by atoms with Gasteiger partial charge in [-0.2, -0.15) is 0 Å². The van der Waals surface area contributed by atoms with Crippen LogP contribution in [0.5, 0.6) is 0 Å². The van der Waals surface area contributed by atoms with Crippen molar-refractivity contribution in [3.63, 3.8) is 0 Å². The second-order valence-corrected chi connectivity index (χ2v) is 5.66. The van der Waals surface area contributed by atoms with E-state index in [9.17, 15) is 0 Å². The SMILES string of the molecule is Cc1ccc2c(C(CN)C(C)C)c(C)n(C)c2c1. The highest BCUT2D eigenvalue weighted by Gasteiger charge is 2.22. The Morgan fingerprint density at radius 1 is 1.22 bits per heavy atom. The number of nitrogens with two attached hydrogens (primary N) is 1. The molecule has 2 nitrogen and oxygen atoms in total. The molecular formula is C16H24N2. The summed E-state index contributed by atoms with van der Waals surface area (Å²) in [5.41, 5.74) is 11.4. The topological polar surface area (TPSA) is 30.9 Å². The third kappa shape index (κ3) is 1.95. The average Bonchev–Trinajstić information content (AvgIpc) is 2.55. The number of nitrogens with zero attached hydrogens (tertiary/aromatic N) is 1. The molecule has 18 heavy (non-hydrogen) atoms. The minimum atomic E-state index is 0.441. The molecule has 98 valence electrons. The summed E-state index contributed by atoms with van der Waals surface area (Å²) >= 11 is 0. The summed E-state index contributed by atoms with van der Waals surface area (Å²) in [7, 11) is 2.15. The van der Waals surface area contributed by atoms with E-state index in [2.05, 4.69) is 57.5 Å². The zero-order valence-electron chi connectivity index (χ0n) is 12.1. The van der Waals surface area contributed by atoms with Gasteiger partial charge < -0.3 is 10.3 Å². The quantitative estimate of drug-likeness (QED) is 0.880. The third-order valence-electron chi connectivity index (χ3n) is 4.13. The van der Waals surface area contributed by atoms with Gasteiger partial charge in [-0.1, -0.05) is 26.0 Å². The maximum absolute atomic E-state index is 6.00. The van der Waals surface area contributed by atoms with E-state index < -0.39 is 0 Å². The fraction of sp³-hybridized carbons (Fsp3) is 0.500. The van der Waals surface area contributed by atoms with Crippen LogP contribution in [0.25, 0.3) is 10.9 Å². The van der Waals surface area contributed by atoms with Crippen LogP contribution in [-0.4, -0.2) is 11.1 Å². The zero-order valence-corrected chi connectivity index (χ0v) is 12.1. The van der Waals surface area contributed by atoms with Crippen LogP contribution in [0.15, 0.2) is 18.2 Å². The number of aromatic nitrogens is 1.